The fourth-order valence-corrected chi connectivity index (χ4v) is 1.52. The van der Waals surface area contributed by atoms with Gasteiger partial charge in [-0.2, -0.15) is 13.2 Å². The van der Waals surface area contributed by atoms with E-state index in [1.807, 2.05) is 6.92 Å². The van der Waals surface area contributed by atoms with E-state index in [1.54, 1.807) is 12.1 Å². The molecule has 0 aliphatic rings. The van der Waals surface area contributed by atoms with E-state index in [-0.39, 0.29) is 0 Å². The minimum absolute atomic E-state index is 0.361. The molecule has 106 valence electrons. The van der Waals surface area contributed by atoms with Crippen LogP contribution in [-0.4, -0.2) is 25.2 Å². The highest BCUT2D eigenvalue weighted by Crippen LogP contribution is 2.20. The van der Waals surface area contributed by atoms with Crippen LogP contribution < -0.4 is 15.8 Å². The average Bonchev–Trinajstić information content (AvgIpc) is 2.30. The minimum Gasteiger partial charge on any atom is -0.494 e. The molecule has 1 amide bonds. The van der Waals surface area contributed by atoms with Gasteiger partial charge in [-0.3, -0.25) is 10.1 Å². The Morgan fingerprint density at radius 3 is 2.37 bits per heavy atom. The summed E-state index contributed by atoms with van der Waals surface area (Å²) in [6.45, 7) is 1.00. The molecule has 3 N–H and O–H groups in total. The predicted octanol–water partition coefficient (Wildman–Crippen LogP) is 1.76. The molecule has 1 aromatic rings. The van der Waals surface area contributed by atoms with Crippen LogP contribution in [0.3, 0.4) is 0 Å². The first kappa shape index (κ1) is 15.3. The third-order valence-corrected chi connectivity index (χ3v) is 2.32. The van der Waals surface area contributed by atoms with Gasteiger partial charge in [0.15, 0.2) is 0 Å². The zero-order valence-corrected chi connectivity index (χ0v) is 10.3. The van der Waals surface area contributed by atoms with Crippen LogP contribution in [0.4, 0.5) is 13.2 Å². The van der Waals surface area contributed by atoms with Crippen molar-refractivity contribution in [2.24, 2.45) is 5.73 Å². The summed E-state index contributed by atoms with van der Waals surface area (Å²) in [6.07, 6.45) is -4.40. The standard InChI is InChI=1S/C12H15F3N2O2/c1-2-19-9-5-3-8(4-6-9)10(11(16)18)17-7-12(13,14)15/h3-6,10,17H,2,7H2,1H3,(H2,16,18). The number of carbonyl (C=O) groups is 1. The molecular formula is C12H15F3N2O2. The molecule has 0 aromatic heterocycles. The molecule has 0 saturated heterocycles. The largest absolute Gasteiger partial charge is 0.494 e. The Bertz CT molecular complexity index is 418. The van der Waals surface area contributed by atoms with Crippen molar-refractivity contribution in [1.29, 1.82) is 0 Å². The number of hydrogen-bond donors (Lipinski definition) is 2. The Balaban J connectivity index is 2.78. The number of carbonyl (C=O) groups excluding carboxylic acids is 1. The first-order chi connectivity index (χ1) is 8.83. The van der Waals surface area contributed by atoms with Gasteiger partial charge in [-0.05, 0) is 24.6 Å². The van der Waals surface area contributed by atoms with E-state index in [2.05, 4.69) is 5.32 Å². The van der Waals surface area contributed by atoms with Crippen molar-refractivity contribution in [1.82, 2.24) is 5.32 Å². The van der Waals surface area contributed by atoms with Crippen LogP contribution in [0.15, 0.2) is 24.3 Å². The van der Waals surface area contributed by atoms with Crippen LogP contribution in [0.2, 0.25) is 0 Å². The summed E-state index contributed by atoms with van der Waals surface area (Å²) in [4.78, 5) is 11.2. The van der Waals surface area contributed by atoms with Gasteiger partial charge in [-0.25, -0.2) is 0 Å². The third-order valence-electron chi connectivity index (χ3n) is 2.32. The van der Waals surface area contributed by atoms with Gasteiger partial charge < -0.3 is 10.5 Å². The highest BCUT2D eigenvalue weighted by molar-refractivity contribution is 5.81. The molecule has 0 saturated carbocycles. The minimum atomic E-state index is -4.40. The van der Waals surface area contributed by atoms with Gasteiger partial charge in [0.25, 0.3) is 0 Å². The first-order valence-corrected chi connectivity index (χ1v) is 5.65. The van der Waals surface area contributed by atoms with Crippen LogP contribution in [0.1, 0.15) is 18.5 Å². The molecule has 0 bridgehead atoms. The lowest BCUT2D eigenvalue weighted by Crippen LogP contribution is -2.38. The summed E-state index contributed by atoms with van der Waals surface area (Å²) in [7, 11) is 0. The van der Waals surface area contributed by atoms with E-state index >= 15 is 0 Å². The van der Waals surface area contributed by atoms with Crippen molar-refractivity contribution in [3.05, 3.63) is 29.8 Å². The van der Waals surface area contributed by atoms with Gasteiger partial charge in [-0.1, -0.05) is 12.1 Å². The lowest BCUT2D eigenvalue weighted by Gasteiger charge is -2.17. The quantitative estimate of drug-likeness (QED) is 0.832. The van der Waals surface area contributed by atoms with E-state index in [0.717, 1.165) is 0 Å². The Labute approximate surface area is 108 Å². The maximum atomic E-state index is 12.1. The van der Waals surface area contributed by atoms with E-state index in [0.29, 0.717) is 17.9 Å². The Morgan fingerprint density at radius 1 is 1.37 bits per heavy atom. The number of primary amides is 1. The predicted molar refractivity (Wildman–Crippen MR) is 63.6 cm³/mol. The lowest BCUT2D eigenvalue weighted by molar-refractivity contribution is -0.130. The summed E-state index contributed by atoms with van der Waals surface area (Å²) >= 11 is 0. The van der Waals surface area contributed by atoms with Crippen LogP contribution in [0.5, 0.6) is 5.75 Å². The summed E-state index contributed by atoms with van der Waals surface area (Å²) in [5.74, 6) is -0.293. The molecular weight excluding hydrogens is 261 g/mol. The first-order valence-electron chi connectivity index (χ1n) is 5.65. The molecule has 0 spiro atoms. The van der Waals surface area contributed by atoms with Gasteiger partial charge in [0, 0.05) is 0 Å². The van der Waals surface area contributed by atoms with Crippen LogP contribution >= 0.6 is 0 Å². The van der Waals surface area contributed by atoms with Gasteiger partial charge in [-0.15, -0.1) is 0 Å². The number of nitrogens with two attached hydrogens (primary N) is 1. The second-order valence-corrected chi connectivity index (χ2v) is 3.83. The molecule has 0 aliphatic heterocycles. The molecule has 7 heteroatoms. The summed E-state index contributed by atoms with van der Waals surface area (Å²) in [6, 6.07) is 4.97. The fraction of sp³-hybridized carbons (Fsp3) is 0.417. The molecule has 1 atom stereocenters. The molecule has 0 radical (unpaired) electrons. The highest BCUT2D eigenvalue weighted by atomic mass is 19.4. The van der Waals surface area contributed by atoms with Crippen LogP contribution in [-0.2, 0) is 4.79 Å². The molecule has 1 aromatic carbocycles. The number of amides is 1. The smallest absolute Gasteiger partial charge is 0.401 e. The van der Waals surface area contributed by atoms with Crippen molar-refractivity contribution >= 4 is 5.91 Å². The topological polar surface area (TPSA) is 64.3 Å². The normalized spacial score (nSPS) is 13.1. The van der Waals surface area contributed by atoms with Crippen molar-refractivity contribution in [2.75, 3.05) is 13.2 Å². The number of rotatable bonds is 6. The van der Waals surface area contributed by atoms with Crippen molar-refractivity contribution in [2.45, 2.75) is 19.1 Å². The van der Waals surface area contributed by atoms with E-state index in [4.69, 9.17) is 10.5 Å². The highest BCUT2D eigenvalue weighted by Gasteiger charge is 2.30. The third kappa shape index (κ3) is 5.17. The number of alkyl halides is 3. The summed E-state index contributed by atoms with van der Waals surface area (Å²) < 4.78 is 41.6. The monoisotopic (exact) mass is 276 g/mol. The molecule has 0 aliphatic carbocycles. The Kier molecular flexibility index (Phi) is 5.17. The Morgan fingerprint density at radius 2 is 1.95 bits per heavy atom. The summed E-state index contributed by atoms with van der Waals surface area (Å²) in [5.41, 5.74) is 5.46. The summed E-state index contributed by atoms with van der Waals surface area (Å²) in [5, 5.41) is 2.09. The second-order valence-electron chi connectivity index (χ2n) is 3.83. The van der Waals surface area contributed by atoms with Crippen molar-refractivity contribution < 1.29 is 22.7 Å². The molecule has 1 rings (SSSR count). The maximum Gasteiger partial charge on any atom is 0.401 e. The number of nitrogens with one attached hydrogen (secondary N) is 1. The number of ether oxygens (including phenoxy) is 1. The number of benzene rings is 1. The van der Waals surface area contributed by atoms with Gasteiger partial charge in [0.05, 0.1) is 13.2 Å². The van der Waals surface area contributed by atoms with Crippen LogP contribution in [0.25, 0.3) is 0 Å². The van der Waals surface area contributed by atoms with Gasteiger partial charge in [0.1, 0.15) is 11.8 Å². The Hall–Kier alpha value is -1.76. The zero-order chi connectivity index (χ0) is 14.5. The molecule has 4 nitrogen and oxygen atoms in total. The van der Waals surface area contributed by atoms with E-state index in [9.17, 15) is 18.0 Å². The van der Waals surface area contributed by atoms with E-state index in [1.165, 1.54) is 12.1 Å². The van der Waals surface area contributed by atoms with Crippen molar-refractivity contribution in [3.8, 4) is 5.75 Å². The zero-order valence-electron chi connectivity index (χ0n) is 10.3. The maximum absolute atomic E-state index is 12.1. The molecule has 19 heavy (non-hydrogen) atoms. The second kappa shape index (κ2) is 6.42. The fourth-order valence-electron chi connectivity index (χ4n) is 1.52. The average molecular weight is 276 g/mol. The molecule has 0 fully saturated rings. The molecule has 1 unspecified atom stereocenters. The molecule has 0 heterocycles. The van der Waals surface area contributed by atoms with Crippen LogP contribution in [0, 0.1) is 0 Å². The van der Waals surface area contributed by atoms with Gasteiger partial charge >= 0.3 is 6.18 Å². The SMILES string of the molecule is CCOc1ccc(C(NCC(F)(F)F)C(N)=O)cc1. The lowest BCUT2D eigenvalue weighted by atomic mass is 10.1. The van der Waals surface area contributed by atoms with Gasteiger partial charge in [0.2, 0.25) is 5.91 Å². The van der Waals surface area contributed by atoms with Crippen molar-refractivity contribution in [3.63, 3.8) is 0 Å². The number of halogens is 3. The number of hydrogen-bond acceptors (Lipinski definition) is 3. The van der Waals surface area contributed by atoms with E-state index < -0.39 is 24.7 Å².